The second-order valence-electron chi connectivity index (χ2n) is 9.90. The second-order valence-corrected chi connectivity index (χ2v) is 9.90. The molecule has 0 unspecified atom stereocenters. The number of rotatable bonds is 10. The molecule has 1 saturated carbocycles. The van der Waals surface area contributed by atoms with E-state index in [1.54, 1.807) is 13.8 Å². The number of carbonyl (C=O) groups is 2. The van der Waals surface area contributed by atoms with Crippen LogP contribution in [0.1, 0.15) is 62.9 Å². The van der Waals surface area contributed by atoms with Crippen LogP contribution in [0.4, 0.5) is 9.59 Å². The number of urea groups is 2. The topological polar surface area (TPSA) is 123 Å². The first kappa shape index (κ1) is 27.5. The van der Waals surface area contributed by atoms with E-state index in [-0.39, 0.29) is 12.1 Å². The smallest absolute Gasteiger partial charge is 0.315 e. The quantitative estimate of drug-likeness (QED) is 0.301. The van der Waals surface area contributed by atoms with Crippen molar-refractivity contribution in [1.29, 1.82) is 0 Å². The predicted octanol–water partition coefficient (Wildman–Crippen LogP) is 3.64. The van der Waals surface area contributed by atoms with E-state index >= 15 is 0 Å². The summed E-state index contributed by atoms with van der Waals surface area (Å²) in [5.74, 6) is 0.681. The van der Waals surface area contributed by atoms with E-state index in [1.807, 2.05) is 60.7 Å². The van der Waals surface area contributed by atoms with E-state index < -0.39 is 24.3 Å². The summed E-state index contributed by atoms with van der Waals surface area (Å²) >= 11 is 0. The van der Waals surface area contributed by atoms with Gasteiger partial charge in [-0.1, -0.05) is 67.1 Å². The van der Waals surface area contributed by atoms with Crippen molar-refractivity contribution in [2.24, 2.45) is 11.8 Å². The summed E-state index contributed by atoms with van der Waals surface area (Å²) in [6, 6.07) is 17.1. The molecule has 0 bridgehead atoms. The van der Waals surface area contributed by atoms with Crippen molar-refractivity contribution in [3.63, 3.8) is 0 Å². The molecule has 0 heterocycles. The number of amides is 4. The minimum atomic E-state index is -0.773. The number of aliphatic hydroxyl groups is 2. The average molecular weight is 497 g/mol. The van der Waals surface area contributed by atoms with E-state index in [9.17, 15) is 19.8 Å². The van der Waals surface area contributed by atoms with Crippen LogP contribution in [0.5, 0.6) is 0 Å². The maximum absolute atomic E-state index is 12.4. The number of aliphatic hydroxyl groups excluding tert-OH is 2. The molecule has 4 amide bonds. The van der Waals surface area contributed by atoms with Gasteiger partial charge in [0.1, 0.15) is 0 Å². The Morgan fingerprint density at radius 2 is 1.14 bits per heavy atom. The summed E-state index contributed by atoms with van der Waals surface area (Å²) in [7, 11) is 0. The van der Waals surface area contributed by atoms with Crippen molar-refractivity contribution in [2.45, 2.75) is 63.8 Å². The summed E-state index contributed by atoms with van der Waals surface area (Å²) in [6.07, 6.45) is 2.49. The van der Waals surface area contributed by atoms with Crippen LogP contribution in [0, 0.1) is 11.8 Å². The first-order valence-corrected chi connectivity index (χ1v) is 12.9. The Morgan fingerprint density at radius 3 is 1.53 bits per heavy atom. The van der Waals surface area contributed by atoms with Gasteiger partial charge in [-0.25, -0.2) is 9.59 Å². The first-order valence-electron chi connectivity index (χ1n) is 12.9. The van der Waals surface area contributed by atoms with Gasteiger partial charge in [0.15, 0.2) is 0 Å². The van der Waals surface area contributed by atoms with Crippen LogP contribution >= 0.6 is 0 Å². The van der Waals surface area contributed by atoms with Crippen LogP contribution in [0.2, 0.25) is 0 Å². The predicted molar refractivity (Wildman–Crippen MR) is 140 cm³/mol. The molecule has 196 valence electrons. The summed E-state index contributed by atoms with van der Waals surface area (Å²) in [6.45, 7) is 4.68. The average Bonchev–Trinajstić information content (AvgIpc) is 2.91. The molecular formula is C28H40N4O4. The molecule has 0 spiro atoms. The fraction of sp³-hybridized carbons (Fsp3) is 0.500. The van der Waals surface area contributed by atoms with Crippen LogP contribution in [0.15, 0.2) is 60.7 Å². The highest BCUT2D eigenvalue weighted by Gasteiger charge is 2.24. The third-order valence-electron chi connectivity index (χ3n) is 6.94. The van der Waals surface area contributed by atoms with Crippen molar-refractivity contribution < 1.29 is 19.8 Å². The Balaban J connectivity index is 1.35. The molecule has 6 N–H and O–H groups in total. The van der Waals surface area contributed by atoms with Crippen molar-refractivity contribution in [2.75, 3.05) is 13.1 Å². The molecule has 3 rings (SSSR count). The highest BCUT2D eigenvalue weighted by Crippen LogP contribution is 2.28. The molecule has 0 radical (unpaired) electrons. The Labute approximate surface area is 213 Å². The van der Waals surface area contributed by atoms with Gasteiger partial charge in [0.25, 0.3) is 0 Å². The third-order valence-corrected chi connectivity index (χ3v) is 6.94. The zero-order chi connectivity index (χ0) is 25.9. The fourth-order valence-corrected chi connectivity index (χ4v) is 4.80. The van der Waals surface area contributed by atoms with E-state index in [4.69, 9.17) is 0 Å². The van der Waals surface area contributed by atoms with Gasteiger partial charge < -0.3 is 31.5 Å². The molecule has 6 atom stereocenters. The largest absolute Gasteiger partial charge is 0.386 e. The van der Waals surface area contributed by atoms with Crippen molar-refractivity contribution in [3.8, 4) is 0 Å². The van der Waals surface area contributed by atoms with Crippen LogP contribution in [0.3, 0.4) is 0 Å². The van der Waals surface area contributed by atoms with Gasteiger partial charge in [-0.3, -0.25) is 0 Å². The molecule has 1 aliphatic rings. The Hall–Kier alpha value is -3.10. The van der Waals surface area contributed by atoms with Gasteiger partial charge in [0.2, 0.25) is 0 Å². The molecule has 2 aromatic carbocycles. The highest BCUT2D eigenvalue weighted by atomic mass is 16.3. The normalized spacial score (nSPS) is 20.9. The van der Waals surface area contributed by atoms with Gasteiger partial charge in [-0.2, -0.15) is 0 Å². The minimum Gasteiger partial charge on any atom is -0.386 e. The Bertz CT molecular complexity index is 868. The van der Waals surface area contributed by atoms with Gasteiger partial charge in [0.05, 0.1) is 24.3 Å². The Morgan fingerprint density at radius 1 is 0.750 bits per heavy atom. The maximum Gasteiger partial charge on any atom is 0.315 e. The van der Waals surface area contributed by atoms with E-state index in [2.05, 4.69) is 21.3 Å². The number of hydrogen-bond donors (Lipinski definition) is 6. The zero-order valence-electron chi connectivity index (χ0n) is 21.2. The number of hydrogen-bond acceptors (Lipinski definition) is 4. The summed E-state index contributed by atoms with van der Waals surface area (Å²) in [4.78, 5) is 24.7. The molecule has 1 aliphatic carbocycles. The molecule has 0 aromatic heterocycles. The molecular weight excluding hydrogens is 456 g/mol. The lowest BCUT2D eigenvalue weighted by Crippen LogP contribution is -2.46. The van der Waals surface area contributed by atoms with Gasteiger partial charge in [-0.15, -0.1) is 0 Å². The standard InChI is InChI=1S/C28H40N4O4/c1-19(25(33)23-12-5-3-6-13-23)31-27(35)29-17-21-10-9-11-22(16-21)18-30-28(36)32-20(2)26(34)24-14-7-4-8-15-24/h3-8,12-15,19-22,25-26,33-34H,9-11,16-18H2,1-2H3,(H2,29,31,35)(H2,30,32,36)/t19-,20+,21+,22-,25-,26-/m0/s1. The Kier molecular flexibility index (Phi) is 10.6. The molecule has 0 saturated heterocycles. The van der Waals surface area contributed by atoms with Crippen molar-refractivity contribution in [1.82, 2.24) is 21.3 Å². The van der Waals surface area contributed by atoms with Crippen LogP contribution in [-0.4, -0.2) is 47.4 Å². The maximum atomic E-state index is 12.4. The number of benzene rings is 2. The summed E-state index contributed by atoms with van der Waals surface area (Å²) < 4.78 is 0. The van der Waals surface area contributed by atoms with Crippen LogP contribution < -0.4 is 21.3 Å². The second kappa shape index (κ2) is 13.8. The molecule has 0 aliphatic heterocycles. The van der Waals surface area contributed by atoms with E-state index in [0.717, 1.165) is 36.8 Å². The van der Waals surface area contributed by atoms with E-state index in [0.29, 0.717) is 24.9 Å². The van der Waals surface area contributed by atoms with Crippen LogP contribution in [0.25, 0.3) is 0 Å². The molecule has 1 fully saturated rings. The van der Waals surface area contributed by atoms with Gasteiger partial charge in [0, 0.05) is 13.1 Å². The van der Waals surface area contributed by atoms with Gasteiger partial charge >= 0.3 is 12.1 Å². The number of nitrogens with one attached hydrogen (secondary N) is 4. The third kappa shape index (κ3) is 8.53. The summed E-state index contributed by atoms with van der Waals surface area (Å²) in [5.41, 5.74) is 1.53. The minimum absolute atomic E-state index is 0.289. The molecule has 8 heteroatoms. The lowest BCUT2D eigenvalue weighted by atomic mass is 9.81. The summed E-state index contributed by atoms with van der Waals surface area (Å²) in [5, 5.41) is 32.4. The number of carbonyl (C=O) groups excluding carboxylic acids is 2. The molecule has 8 nitrogen and oxygen atoms in total. The molecule has 2 aromatic rings. The highest BCUT2D eigenvalue weighted by molar-refractivity contribution is 5.74. The lowest BCUT2D eigenvalue weighted by molar-refractivity contribution is 0.136. The van der Waals surface area contributed by atoms with E-state index in [1.165, 1.54) is 0 Å². The lowest BCUT2D eigenvalue weighted by Gasteiger charge is -2.30. The zero-order valence-corrected chi connectivity index (χ0v) is 21.2. The van der Waals surface area contributed by atoms with Crippen LogP contribution in [-0.2, 0) is 0 Å². The van der Waals surface area contributed by atoms with Crippen molar-refractivity contribution >= 4 is 12.1 Å². The monoisotopic (exact) mass is 496 g/mol. The van der Waals surface area contributed by atoms with Gasteiger partial charge in [-0.05, 0) is 56.1 Å². The molecule has 36 heavy (non-hydrogen) atoms. The fourth-order valence-electron chi connectivity index (χ4n) is 4.80. The SMILES string of the molecule is C[C@H](NC(=O)NC[C@@H]1CCC[C@H](CNC(=O)N[C@H](C)[C@H](O)c2ccccc2)C1)[C@H](O)c1ccccc1. The van der Waals surface area contributed by atoms with Crippen molar-refractivity contribution in [3.05, 3.63) is 71.8 Å². The first-order chi connectivity index (χ1) is 17.3.